The first-order chi connectivity index (χ1) is 9.68. The topological polar surface area (TPSA) is 24.1 Å². The lowest BCUT2D eigenvalue weighted by atomic mass is 10.1. The number of hydrogen-bond acceptors (Lipinski definition) is 2. The van der Waals surface area contributed by atoms with Crippen LogP contribution in [0.25, 0.3) is 0 Å². The average Bonchev–Trinajstić information content (AvgIpc) is 2.45. The second kappa shape index (κ2) is 7.32. The summed E-state index contributed by atoms with van der Waals surface area (Å²) in [6, 6.07) is 14.3. The van der Waals surface area contributed by atoms with E-state index in [1.807, 2.05) is 24.3 Å². The van der Waals surface area contributed by atoms with Crippen LogP contribution in [-0.2, 0) is 6.54 Å². The van der Waals surface area contributed by atoms with Crippen molar-refractivity contribution in [1.82, 2.24) is 5.32 Å². The van der Waals surface area contributed by atoms with Gasteiger partial charge in [0.15, 0.2) is 0 Å². The summed E-state index contributed by atoms with van der Waals surface area (Å²) in [4.78, 5) is 0. The Hall–Kier alpha value is -1.51. The molecule has 0 atom stereocenters. The summed E-state index contributed by atoms with van der Waals surface area (Å²) in [5.74, 6) is 0. The molecular formula is C17H21ClN2. The smallest absolute Gasteiger partial charge is 0.0450 e. The van der Waals surface area contributed by atoms with Gasteiger partial charge in [-0.25, -0.2) is 0 Å². The predicted molar refractivity (Wildman–Crippen MR) is 87.6 cm³/mol. The Morgan fingerprint density at radius 2 is 1.75 bits per heavy atom. The van der Waals surface area contributed by atoms with E-state index >= 15 is 0 Å². The fourth-order valence-corrected chi connectivity index (χ4v) is 2.30. The average molecular weight is 289 g/mol. The van der Waals surface area contributed by atoms with Gasteiger partial charge in [0.25, 0.3) is 0 Å². The van der Waals surface area contributed by atoms with E-state index in [4.69, 9.17) is 11.6 Å². The van der Waals surface area contributed by atoms with Gasteiger partial charge in [-0.15, -0.1) is 0 Å². The van der Waals surface area contributed by atoms with Gasteiger partial charge in [0.1, 0.15) is 0 Å². The van der Waals surface area contributed by atoms with E-state index in [0.717, 1.165) is 30.2 Å². The molecule has 0 amide bonds. The second-order valence-corrected chi connectivity index (χ2v) is 5.35. The van der Waals surface area contributed by atoms with Gasteiger partial charge >= 0.3 is 0 Å². The fourth-order valence-electron chi connectivity index (χ4n) is 2.09. The molecule has 3 heteroatoms. The van der Waals surface area contributed by atoms with Gasteiger partial charge in [0.2, 0.25) is 0 Å². The lowest BCUT2D eigenvalue weighted by Gasteiger charge is -2.12. The molecule has 0 bridgehead atoms. The summed E-state index contributed by atoms with van der Waals surface area (Å²) in [6.45, 7) is 6.88. The molecule has 0 aromatic heterocycles. The Kier molecular flexibility index (Phi) is 5.45. The number of aryl methyl sites for hydroxylation is 1. The van der Waals surface area contributed by atoms with Crippen LogP contribution in [0.3, 0.4) is 0 Å². The zero-order chi connectivity index (χ0) is 14.4. The monoisotopic (exact) mass is 288 g/mol. The SMILES string of the molecule is Cc1cccc(NCCNCc2ccccc2Cl)c1C. The quantitative estimate of drug-likeness (QED) is 0.780. The highest BCUT2D eigenvalue weighted by molar-refractivity contribution is 6.31. The Labute approximate surface area is 126 Å². The van der Waals surface area contributed by atoms with Crippen molar-refractivity contribution in [2.75, 3.05) is 18.4 Å². The third-order valence-corrected chi connectivity index (χ3v) is 3.86. The number of rotatable bonds is 6. The van der Waals surface area contributed by atoms with Crippen molar-refractivity contribution in [3.63, 3.8) is 0 Å². The lowest BCUT2D eigenvalue weighted by molar-refractivity contribution is 0.707. The first kappa shape index (κ1) is 14.9. The summed E-state index contributed by atoms with van der Waals surface area (Å²) < 4.78 is 0. The normalized spacial score (nSPS) is 10.6. The molecule has 0 aliphatic rings. The molecule has 2 N–H and O–H groups in total. The van der Waals surface area contributed by atoms with E-state index in [9.17, 15) is 0 Å². The minimum absolute atomic E-state index is 0.800. The van der Waals surface area contributed by atoms with Gasteiger partial charge in [0.05, 0.1) is 0 Å². The van der Waals surface area contributed by atoms with E-state index < -0.39 is 0 Å². The first-order valence-corrected chi connectivity index (χ1v) is 7.30. The molecule has 2 aromatic rings. The van der Waals surface area contributed by atoms with Crippen LogP contribution in [0.15, 0.2) is 42.5 Å². The molecule has 2 aromatic carbocycles. The van der Waals surface area contributed by atoms with Crippen molar-refractivity contribution >= 4 is 17.3 Å². The van der Waals surface area contributed by atoms with E-state index in [1.165, 1.54) is 16.8 Å². The highest BCUT2D eigenvalue weighted by atomic mass is 35.5. The largest absolute Gasteiger partial charge is 0.384 e. The van der Waals surface area contributed by atoms with E-state index in [1.54, 1.807) is 0 Å². The Bertz CT molecular complexity index is 567. The standard InChI is InChI=1S/C17H21ClN2/c1-13-6-5-9-17(14(13)2)20-11-10-19-12-15-7-3-4-8-16(15)18/h3-9,19-20H,10-12H2,1-2H3. The van der Waals surface area contributed by atoms with Crippen LogP contribution in [0, 0.1) is 13.8 Å². The van der Waals surface area contributed by atoms with Crippen molar-refractivity contribution in [2.24, 2.45) is 0 Å². The number of halogens is 1. The van der Waals surface area contributed by atoms with Gasteiger partial charge in [-0.3, -0.25) is 0 Å². The van der Waals surface area contributed by atoms with Crippen LogP contribution < -0.4 is 10.6 Å². The Morgan fingerprint density at radius 3 is 2.55 bits per heavy atom. The summed E-state index contributed by atoms with van der Waals surface area (Å²) >= 11 is 6.12. The fraction of sp³-hybridized carbons (Fsp3) is 0.294. The molecule has 20 heavy (non-hydrogen) atoms. The van der Waals surface area contributed by atoms with Crippen LogP contribution in [0.2, 0.25) is 5.02 Å². The van der Waals surface area contributed by atoms with Crippen molar-refractivity contribution in [3.05, 3.63) is 64.2 Å². The molecule has 0 saturated carbocycles. The summed E-state index contributed by atoms with van der Waals surface area (Å²) in [7, 11) is 0. The van der Waals surface area contributed by atoms with Crippen molar-refractivity contribution in [1.29, 1.82) is 0 Å². The van der Waals surface area contributed by atoms with Gasteiger partial charge in [-0.05, 0) is 42.7 Å². The Morgan fingerprint density at radius 1 is 0.950 bits per heavy atom. The molecule has 0 radical (unpaired) electrons. The second-order valence-electron chi connectivity index (χ2n) is 4.94. The molecule has 0 spiro atoms. The molecule has 106 valence electrons. The van der Waals surface area contributed by atoms with Crippen molar-refractivity contribution < 1.29 is 0 Å². The maximum absolute atomic E-state index is 6.12. The maximum atomic E-state index is 6.12. The molecule has 0 aliphatic carbocycles. The molecular weight excluding hydrogens is 268 g/mol. The number of hydrogen-bond donors (Lipinski definition) is 2. The molecule has 0 aliphatic heterocycles. The molecule has 0 fully saturated rings. The van der Waals surface area contributed by atoms with Crippen molar-refractivity contribution in [2.45, 2.75) is 20.4 Å². The molecule has 2 nitrogen and oxygen atoms in total. The maximum Gasteiger partial charge on any atom is 0.0450 e. The zero-order valence-corrected chi connectivity index (χ0v) is 12.8. The number of benzene rings is 2. The first-order valence-electron chi connectivity index (χ1n) is 6.92. The van der Waals surface area contributed by atoms with Gasteiger partial charge in [0, 0.05) is 30.3 Å². The summed E-state index contributed by atoms with van der Waals surface area (Å²) in [5, 5.41) is 7.68. The molecule has 0 unspecified atom stereocenters. The van der Waals surface area contributed by atoms with E-state index in [2.05, 4.69) is 42.7 Å². The molecule has 0 saturated heterocycles. The third kappa shape index (κ3) is 3.99. The van der Waals surface area contributed by atoms with Crippen LogP contribution in [0.1, 0.15) is 16.7 Å². The lowest BCUT2D eigenvalue weighted by Crippen LogP contribution is -2.22. The minimum Gasteiger partial charge on any atom is -0.384 e. The van der Waals surface area contributed by atoms with Crippen LogP contribution in [0.5, 0.6) is 0 Å². The Balaban J connectivity index is 1.75. The molecule has 0 heterocycles. The number of nitrogens with one attached hydrogen (secondary N) is 2. The highest BCUT2D eigenvalue weighted by Crippen LogP contribution is 2.17. The summed E-state index contributed by atoms with van der Waals surface area (Å²) in [5.41, 5.74) is 4.99. The predicted octanol–water partition coefficient (Wildman–Crippen LogP) is 4.16. The summed E-state index contributed by atoms with van der Waals surface area (Å²) in [6.07, 6.45) is 0. The zero-order valence-electron chi connectivity index (χ0n) is 12.0. The van der Waals surface area contributed by atoms with Crippen LogP contribution >= 0.6 is 11.6 Å². The van der Waals surface area contributed by atoms with Gasteiger partial charge in [-0.1, -0.05) is 41.9 Å². The van der Waals surface area contributed by atoms with Crippen LogP contribution in [0.4, 0.5) is 5.69 Å². The van der Waals surface area contributed by atoms with Gasteiger partial charge in [-0.2, -0.15) is 0 Å². The van der Waals surface area contributed by atoms with Gasteiger partial charge < -0.3 is 10.6 Å². The third-order valence-electron chi connectivity index (χ3n) is 3.50. The van der Waals surface area contributed by atoms with Crippen LogP contribution in [-0.4, -0.2) is 13.1 Å². The minimum atomic E-state index is 0.800. The van der Waals surface area contributed by atoms with Crippen molar-refractivity contribution in [3.8, 4) is 0 Å². The number of anilines is 1. The molecule has 2 rings (SSSR count). The van der Waals surface area contributed by atoms with E-state index in [-0.39, 0.29) is 0 Å². The van der Waals surface area contributed by atoms with E-state index in [0.29, 0.717) is 0 Å². The highest BCUT2D eigenvalue weighted by Gasteiger charge is 2.00.